The first kappa shape index (κ1) is 11.7. The van der Waals surface area contributed by atoms with Crippen molar-refractivity contribution in [2.75, 3.05) is 5.32 Å². The third kappa shape index (κ3) is 2.65. The molecule has 0 fully saturated rings. The fraction of sp³-hybridized carbons (Fsp3) is 0.308. The molecule has 0 aliphatic heterocycles. The van der Waals surface area contributed by atoms with E-state index in [2.05, 4.69) is 10.3 Å². The number of carbonyl (C=O) groups excluding carboxylic acids is 1. The molecule has 0 spiro atoms. The van der Waals surface area contributed by atoms with Crippen molar-refractivity contribution < 1.29 is 4.79 Å². The standard InChI is InChI=1S/C13H17N3O/c1-2-3-11(14)13(17)16-10-4-5-12-9(8-10)6-7-15-12/h4-8,11,15H,2-3,14H2,1H3,(H,16,17)/t11-/m0/s1. The van der Waals surface area contributed by atoms with E-state index in [-0.39, 0.29) is 5.91 Å². The van der Waals surface area contributed by atoms with Gasteiger partial charge in [0.1, 0.15) is 0 Å². The van der Waals surface area contributed by atoms with Crippen LogP contribution in [0.1, 0.15) is 19.8 Å². The second-order valence-electron chi connectivity index (χ2n) is 4.16. The summed E-state index contributed by atoms with van der Waals surface area (Å²) in [5.41, 5.74) is 7.59. The van der Waals surface area contributed by atoms with Gasteiger partial charge in [0, 0.05) is 22.8 Å². The van der Waals surface area contributed by atoms with Gasteiger partial charge in [-0.05, 0) is 30.7 Å². The number of amides is 1. The number of nitrogens with two attached hydrogens (primary N) is 1. The van der Waals surface area contributed by atoms with Crippen LogP contribution in [0.5, 0.6) is 0 Å². The fourth-order valence-corrected chi connectivity index (χ4v) is 1.81. The van der Waals surface area contributed by atoms with Crippen molar-refractivity contribution in [2.45, 2.75) is 25.8 Å². The van der Waals surface area contributed by atoms with Crippen LogP contribution in [-0.4, -0.2) is 16.9 Å². The summed E-state index contributed by atoms with van der Waals surface area (Å²) in [6.07, 6.45) is 3.49. The summed E-state index contributed by atoms with van der Waals surface area (Å²) >= 11 is 0. The molecule has 2 rings (SSSR count). The van der Waals surface area contributed by atoms with E-state index < -0.39 is 6.04 Å². The van der Waals surface area contributed by atoms with Gasteiger partial charge >= 0.3 is 0 Å². The average molecular weight is 231 g/mol. The third-order valence-corrected chi connectivity index (χ3v) is 2.76. The number of hydrogen-bond donors (Lipinski definition) is 3. The molecule has 4 heteroatoms. The molecule has 1 aromatic heterocycles. The lowest BCUT2D eigenvalue weighted by molar-refractivity contribution is -0.117. The van der Waals surface area contributed by atoms with Crippen LogP contribution in [0, 0.1) is 0 Å². The van der Waals surface area contributed by atoms with Crippen LogP contribution < -0.4 is 11.1 Å². The molecule has 0 aliphatic rings. The molecule has 4 N–H and O–H groups in total. The van der Waals surface area contributed by atoms with Crippen molar-refractivity contribution in [1.29, 1.82) is 0 Å². The lowest BCUT2D eigenvalue weighted by Crippen LogP contribution is -2.35. The zero-order valence-electron chi connectivity index (χ0n) is 9.86. The monoisotopic (exact) mass is 231 g/mol. The van der Waals surface area contributed by atoms with E-state index in [4.69, 9.17) is 5.73 Å². The topological polar surface area (TPSA) is 70.9 Å². The third-order valence-electron chi connectivity index (χ3n) is 2.76. The number of aromatic nitrogens is 1. The highest BCUT2D eigenvalue weighted by molar-refractivity contribution is 5.96. The summed E-state index contributed by atoms with van der Waals surface area (Å²) in [6, 6.07) is 7.28. The molecule has 0 radical (unpaired) electrons. The zero-order valence-corrected chi connectivity index (χ0v) is 9.86. The molecule has 0 unspecified atom stereocenters. The minimum Gasteiger partial charge on any atom is -0.361 e. The van der Waals surface area contributed by atoms with Crippen molar-refractivity contribution in [1.82, 2.24) is 4.98 Å². The molecule has 1 aromatic carbocycles. The molecule has 0 bridgehead atoms. The predicted molar refractivity (Wildman–Crippen MR) is 69.8 cm³/mol. The Morgan fingerprint density at radius 2 is 2.29 bits per heavy atom. The van der Waals surface area contributed by atoms with Gasteiger partial charge in [0.25, 0.3) is 0 Å². The fourth-order valence-electron chi connectivity index (χ4n) is 1.81. The summed E-state index contributed by atoms with van der Waals surface area (Å²) in [5, 5.41) is 3.91. The average Bonchev–Trinajstić information content (AvgIpc) is 2.76. The van der Waals surface area contributed by atoms with Crippen LogP contribution in [0.2, 0.25) is 0 Å². The Kier molecular flexibility index (Phi) is 3.44. The molecule has 1 atom stereocenters. The predicted octanol–water partition coefficient (Wildman–Crippen LogP) is 2.23. The number of nitrogens with one attached hydrogen (secondary N) is 2. The van der Waals surface area contributed by atoms with Gasteiger partial charge in [0.2, 0.25) is 5.91 Å². The Labute approximate surface area is 100 Å². The molecule has 0 saturated heterocycles. The Hall–Kier alpha value is -1.81. The molecule has 0 aliphatic carbocycles. The number of hydrogen-bond acceptors (Lipinski definition) is 2. The maximum Gasteiger partial charge on any atom is 0.241 e. The number of aromatic amines is 1. The van der Waals surface area contributed by atoms with Crippen LogP contribution in [0.15, 0.2) is 30.5 Å². The van der Waals surface area contributed by atoms with Gasteiger partial charge in [0.05, 0.1) is 6.04 Å². The minimum atomic E-state index is -0.429. The van der Waals surface area contributed by atoms with Gasteiger partial charge in [0.15, 0.2) is 0 Å². The van der Waals surface area contributed by atoms with Crippen molar-refractivity contribution >= 4 is 22.5 Å². The quantitative estimate of drug-likeness (QED) is 0.755. The molecule has 4 nitrogen and oxygen atoms in total. The van der Waals surface area contributed by atoms with Gasteiger partial charge in [-0.15, -0.1) is 0 Å². The van der Waals surface area contributed by atoms with Crippen LogP contribution in [0.25, 0.3) is 10.9 Å². The van der Waals surface area contributed by atoms with Gasteiger partial charge in [-0.1, -0.05) is 13.3 Å². The van der Waals surface area contributed by atoms with E-state index in [1.165, 1.54) is 0 Å². The molecule has 0 saturated carbocycles. The van der Waals surface area contributed by atoms with Gasteiger partial charge in [-0.2, -0.15) is 0 Å². The van der Waals surface area contributed by atoms with Crippen LogP contribution >= 0.6 is 0 Å². The van der Waals surface area contributed by atoms with Gasteiger partial charge in [-0.3, -0.25) is 4.79 Å². The zero-order chi connectivity index (χ0) is 12.3. The van der Waals surface area contributed by atoms with Crippen molar-refractivity contribution in [3.63, 3.8) is 0 Å². The van der Waals surface area contributed by atoms with Crippen molar-refractivity contribution in [3.05, 3.63) is 30.5 Å². The molecule has 90 valence electrons. The Balaban J connectivity index is 2.09. The van der Waals surface area contributed by atoms with Crippen molar-refractivity contribution in [2.24, 2.45) is 5.73 Å². The summed E-state index contributed by atoms with van der Waals surface area (Å²) in [6.45, 7) is 2.01. The second kappa shape index (κ2) is 5.01. The van der Waals surface area contributed by atoms with E-state index >= 15 is 0 Å². The van der Waals surface area contributed by atoms with Crippen molar-refractivity contribution in [3.8, 4) is 0 Å². The van der Waals surface area contributed by atoms with Crippen LogP contribution in [-0.2, 0) is 4.79 Å². The highest BCUT2D eigenvalue weighted by Gasteiger charge is 2.12. The lowest BCUT2D eigenvalue weighted by Gasteiger charge is -2.11. The highest BCUT2D eigenvalue weighted by atomic mass is 16.2. The summed E-state index contributed by atoms with van der Waals surface area (Å²) in [4.78, 5) is 14.8. The van der Waals surface area contributed by atoms with E-state index in [1.54, 1.807) is 0 Å². The molecule has 2 aromatic rings. The second-order valence-corrected chi connectivity index (χ2v) is 4.16. The number of benzene rings is 1. The molecule has 1 amide bonds. The molecular weight excluding hydrogens is 214 g/mol. The van der Waals surface area contributed by atoms with Gasteiger partial charge in [-0.25, -0.2) is 0 Å². The Morgan fingerprint density at radius 1 is 1.47 bits per heavy atom. The minimum absolute atomic E-state index is 0.123. The maximum atomic E-state index is 11.7. The number of rotatable bonds is 4. The lowest BCUT2D eigenvalue weighted by atomic mass is 10.1. The van der Waals surface area contributed by atoms with E-state index in [9.17, 15) is 4.79 Å². The van der Waals surface area contributed by atoms with E-state index in [0.717, 1.165) is 23.0 Å². The Morgan fingerprint density at radius 3 is 3.06 bits per heavy atom. The smallest absolute Gasteiger partial charge is 0.241 e. The summed E-state index contributed by atoms with van der Waals surface area (Å²) in [5.74, 6) is -0.123. The van der Waals surface area contributed by atoms with Crippen LogP contribution in [0.4, 0.5) is 5.69 Å². The Bertz CT molecular complexity index is 518. The number of carbonyl (C=O) groups is 1. The summed E-state index contributed by atoms with van der Waals surface area (Å²) in [7, 11) is 0. The van der Waals surface area contributed by atoms with Crippen LogP contribution in [0.3, 0.4) is 0 Å². The summed E-state index contributed by atoms with van der Waals surface area (Å²) < 4.78 is 0. The first-order chi connectivity index (χ1) is 8.20. The first-order valence-electron chi connectivity index (χ1n) is 5.84. The normalized spacial score (nSPS) is 12.6. The SMILES string of the molecule is CCC[C@H](N)C(=O)Nc1ccc2[nH]ccc2c1. The number of H-pyrrole nitrogens is 1. The number of anilines is 1. The maximum absolute atomic E-state index is 11.7. The highest BCUT2D eigenvalue weighted by Crippen LogP contribution is 2.17. The van der Waals surface area contributed by atoms with E-state index in [1.807, 2.05) is 37.4 Å². The largest absolute Gasteiger partial charge is 0.361 e. The molecule has 1 heterocycles. The number of fused-ring (bicyclic) bond motifs is 1. The first-order valence-corrected chi connectivity index (χ1v) is 5.84. The van der Waals surface area contributed by atoms with E-state index in [0.29, 0.717) is 6.42 Å². The molecular formula is C13H17N3O. The van der Waals surface area contributed by atoms with Gasteiger partial charge < -0.3 is 16.0 Å². The molecule has 17 heavy (non-hydrogen) atoms.